The molecule has 0 bridgehead atoms. The summed E-state index contributed by atoms with van der Waals surface area (Å²) in [6.07, 6.45) is 0. The molecule has 0 aromatic rings. The van der Waals surface area contributed by atoms with Crippen molar-refractivity contribution >= 4 is 52.1 Å². The molecule has 0 aliphatic carbocycles. The van der Waals surface area contributed by atoms with E-state index in [1.165, 1.54) is 0 Å². The fraction of sp³-hybridized carbons (Fsp3) is 0. The molecule has 0 aromatic carbocycles. The zero-order valence-electron chi connectivity index (χ0n) is 4.26. The van der Waals surface area contributed by atoms with E-state index in [1.807, 2.05) is 0 Å². The molecule has 0 aromatic heterocycles. The zero-order chi connectivity index (χ0) is 5.98. The van der Waals surface area contributed by atoms with Crippen molar-refractivity contribution in [1.82, 2.24) is 3.75 Å². The van der Waals surface area contributed by atoms with Crippen molar-refractivity contribution in [2.24, 2.45) is 4.81 Å². The van der Waals surface area contributed by atoms with Gasteiger partial charge in [-0.15, -0.1) is 0 Å². The summed E-state index contributed by atoms with van der Waals surface area (Å²) in [6, 6.07) is 0. The Bertz CT molecular complexity index is 118. The summed E-state index contributed by atoms with van der Waals surface area (Å²) < 4.78 is 1.73. The first-order chi connectivity index (χ1) is 3.80. The van der Waals surface area contributed by atoms with E-state index in [0.29, 0.717) is 0 Å². The van der Waals surface area contributed by atoms with Gasteiger partial charge < -0.3 is 17.0 Å². The second-order valence-corrected chi connectivity index (χ2v) is 2.93. The molecular formula is HB3Br3N3. The van der Waals surface area contributed by atoms with Gasteiger partial charge in [-0.25, -0.2) is 0 Å². The Morgan fingerprint density at radius 3 is 2.67 bits per heavy atom. The summed E-state index contributed by atoms with van der Waals surface area (Å²) in [7, 11) is 3.28. The van der Waals surface area contributed by atoms with Crippen LogP contribution in [-0.4, -0.2) is 24.0 Å². The van der Waals surface area contributed by atoms with Crippen LogP contribution in [0.4, 0.5) is 0 Å². The summed E-state index contributed by atoms with van der Waals surface area (Å²) in [5, 5.41) is 0. The number of hydrogen-bond donors (Lipinski definition) is 1. The maximum Gasteiger partial charge on any atom is -1.00 e. The Labute approximate surface area is 82.1 Å². The third-order valence-electron chi connectivity index (χ3n) is 0.680. The smallest absolute Gasteiger partial charge is 1.00 e. The standard InChI is InChI=1S/B3Br2HN3.BrH/c4-3-7-1-6-2-8(3)5;/h7H;1H/q+1;/p-1. The van der Waals surface area contributed by atoms with Gasteiger partial charge in [-0.05, 0) is 0 Å². The van der Waals surface area contributed by atoms with Crippen LogP contribution in [0.25, 0.3) is 0 Å². The largest absolute Gasteiger partial charge is 1.00 e. The molecule has 1 aliphatic rings. The Kier molecular flexibility index (Phi) is 5.34. The van der Waals surface area contributed by atoms with Crippen LogP contribution in [0, 0.1) is 0 Å². The molecule has 9 heteroatoms. The predicted molar refractivity (Wildman–Crippen MR) is 40.3 cm³/mol. The van der Waals surface area contributed by atoms with Gasteiger partial charge in [0.15, 0.2) is 0 Å². The van der Waals surface area contributed by atoms with E-state index in [4.69, 9.17) is 0 Å². The first-order valence-corrected chi connectivity index (χ1v) is 3.62. The Hall–Kier alpha value is 1.03. The van der Waals surface area contributed by atoms with E-state index in [1.54, 1.807) is 18.2 Å². The van der Waals surface area contributed by atoms with E-state index in [0.717, 1.165) is 0 Å². The summed E-state index contributed by atoms with van der Waals surface area (Å²) in [4.78, 5) is 6.70. The minimum Gasteiger partial charge on any atom is -1.00 e. The molecule has 0 saturated heterocycles. The van der Waals surface area contributed by atoms with E-state index < -0.39 is 0 Å². The molecule has 0 amide bonds. The minimum absolute atomic E-state index is 0. The van der Waals surface area contributed by atoms with Gasteiger partial charge in [0.25, 0.3) is 0 Å². The molecular weight excluding hydrogens is 314 g/mol. The van der Waals surface area contributed by atoms with Crippen molar-refractivity contribution in [3.05, 3.63) is 0 Å². The predicted octanol–water partition coefficient (Wildman–Crippen LogP) is -4.32. The second-order valence-electron chi connectivity index (χ2n) is 1.24. The van der Waals surface area contributed by atoms with Gasteiger partial charge in [0.1, 0.15) is 0 Å². The van der Waals surface area contributed by atoms with E-state index >= 15 is 0 Å². The number of nitrogens with zero attached hydrogens (tertiary/aromatic N) is 2. The molecule has 1 rings (SSSR count). The summed E-state index contributed by atoms with van der Waals surface area (Å²) in [6.45, 7) is 0. The summed E-state index contributed by atoms with van der Waals surface area (Å²) in [5.74, 6) is 0.111. The quantitative estimate of drug-likeness (QED) is 0.356. The molecule has 3 nitrogen and oxygen atoms in total. The molecule has 0 fully saturated rings. The number of hydrogen-bond acceptors (Lipinski definition) is 2. The van der Waals surface area contributed by atoms with Crippen molar-refractivity contribution in [2.75, 3.05) is 0 Å². The van der Waals surface area contributed by atoms with E-state index in [2.05, 4.69) is 41.5 Å². The van der Waals surface area contributed by atoms with Crippen LogP contribution < -0.4 is 21.8 Å². The molecule has 1 heterocycles. The van der Waals surface area contributed by atoms with Gasteiger partial charge in [0.05, 0.1) is 0 Å². The van der Waals surface area contributed by atoms with Crippen molar-refractivity contribution in [2.45, 2.75) is 0 Å². The molecule has 0 atom stereocenters. The number of halogens is 3. The normalized spacial score (nSPS) is 14.0. The van der Waals surface area contributed by atoms with E-state index in [9.17, 15) is 0 Å². The monoisotopic (exact) mass is 313 g/mol. The van der Waals surface area contributed by atoms with Crippen molar-refractivity contribution in [3.63, 3.8) is 0 Å². The van der Waals surface area contributed by atoms with Crippen molar-refractivity contribution < 1.29 is 21.8 Å². The van der Waals surface area contributed by atoms with Gasteiger partial charge in [-0.3, -0.25) is 0 Å². The Morgan fingerprint density at radius 2 is 2.33 bits per heavy atom. The SMILES string of the molecule is BrB1[NH+]=BN=BN1Br.[Br-]. The molecule has 0 spiro atoms. The zero-order valence-corrected chi connectivity index (χ0v) is 9.02. The van der Waals surface area contributed by atoms with Gasteiger partial charge >= 0.3 is 65.5 Å². The fourth-order valence-electron chi connectivity index (χ4n) is 0.331. The van der Waals surface area contributed by atoms with Crippen LogP contribution in [0.2, 0.25) is 0 Å². The average Bonchev–Trinajstić information content (AvgIpc) is 1.77. The molecule has 0 radical (unpaired) electrons. The molecule has 0 unspecified atom stereocenters. The number of rotatable bonds is 0. The Morgan fingerprint density at radius 1 is 1.67 bits per heavy atom. The van der Waals surface area contributed by atoms with Crippen LogP contribution in [0.5, 0.6) is 0 Å². The molecule has 1 N–H and O–H groups in total. The third-order valence-corrected chi connectivity index (χ3v) is 2.53. The van der Waals surface area contributed by atoms with Crippen LogP contribution in [0.1, 0.15) is 0 Å². The Balaban J connectivity index is 0.000000640. The van der Waals surface area contributed by atoms with Gasteiger partial charge in [0, 0.05) is 0 Å². The van der Waals surface area contributed by atoms with E-state index in [-0.39, 0.29) is 22.8 Å². The van der Waals surface area contributed by atoms with Gasteiger partial charge in [0.2, 0.25) is 0 Å². The molecule has 0 saturated carbocycles. The average molecular weight is 315 g/mol. The maximum absolute atomic E-state index is 3.80. The first-order valence-electron chi connectivity index (χ1n) is 2.00. The minimum atomic E-state index is 0. The van der Waals surface area contributed by atoms with Crippen LogP contribution >= 0.6 is 31.9 Å². The van der Waals surface area contributed by atoms with Crippen molar-refractivity contribution in [3.8, 4) is 0 Å². The van der Waals surface area contributed by atoms with Gasteiger partial charge in [-0.2, -0.15) is 0 Å². The molecule has 9 heavy (non-hydrogen) atoms. The second kappa shape index (κ2) is 4.79. The molecule has 46 valence electrons. The third kappa shape index (κ3) is 3.09. The first kappa shape index (κ1) is 10.0. The fourth-order valence-corrected chi connectivity index (χ4v) is 0.779. The summed E-state index contributed by atoms with van der Waals surface area (Å²) in [5.41, 5.74) is 0. The number of nitrogens with one attached hydrogen (secondary N) is 1. The summed E-state index contributed by atoms with van der Waals surface area (Å²) >= 11 is 6.51. The van der Waals surface area contributed by atoms with Crippen LogP contribution in [0.3, 0.4) is 0 Å². The topological polar surface area (TPSA) is 29.6 Å². The van der Waals surface area contributed by atoms with Gasteiger partial charge in [-0.1, -0.05) is 0 Å². The van der Waals surface area contributed by atoms with Crippen LogP contribution in [0.15, 0.2) is 4.81 Å². The van der Waals surface area contributed by atoms with Crippen molar-refractivity contribution in [1.29, 1.82) is 0 Å². The molecule has 1 aliphatic heterocycles. The van der Waals surface area contributed by atoms with Crippen LogP contribution in [-0.2, 0) is 0 Å². The maximum atomic E-state index is 3.80.